The van der Waals surface area contributed by atoms with E-state index < -0.39 is 10.0 Å². The van der Waals surface area contributed by atoms with E-state index in [-0.39, 0.29) is 16.0 Å². The van der Waals surface area contributed by atoms with Gasteiger partial charge in [0, 0.05) is 6.54 Å². The highest BCUT2D eigenvalue weighted by Gasteiger charge is 2.17. The summed E-state index contributed by atoms with van der Waals surface area (Å²) in [7, 11) is -3.61. The van der Waals surface area contributed by atoms with Crippen LogP contribution in [0.15, 0.2) is 47.4 Å². The largest absolute Gasteiger partial charge is 0.491 e. The predicted molar refractivity (Wildman–Crippen MR) is 97.3 cm³/mol. The first-order chi connectivity index (χ1) is 11.3. The Hall–Kier alpha value is -1.56. The van der Waals surface area contributed by atoms with E-state index in [1.54, 1.807) is 12.1 Å². The summed E-state index contributed by atoms with van der Waals surface area (Å²) in [5.74, 6) is 0.806. The van der Waals surface area contributed by atoms with Gasteiger partial charge in [0.25, 0.3) is 0 Å². The molecule has 2 aromatic carbocycles. The Morgan fingerprint density at radius 3 is 2.38 bits per heavy atom. The molecule has 0 atom stereocenters. The SMILES string of the molecule is Cc1ccc(S(=O)(=O)NCCc2ccc(OC(C)C)cc2)c(Cl)c1. The van der Waals surface area contributed by atoms with Gasteiger partial charge < -0.3 is 4.74 Å². The van der Waals surface area contributed by atoms with Crippen molar-refractivity contribution in [3.05, 3.63) is 58.6 Å². The molecule has 130 valence electrons. The molecule has 2 rings (SSSR count). The molecule has 0 amide bonds. The maximum Gasteiger partial charge on any atom is 0.242 e. The minimum absolute atomic E-state index is 0.107. The summed E-state index contributed by atoms with van der Waals surface area (Å²) in [6.07, 6.45) is 0.715. The maximum atomic E-state index is 12.3. The van der Waals surface area contributed by atoms with E-state index >= 15 is 0 Å². The summed E-state index contributed by atoms with van der Waals surface area (Å²) in [6, 6.07) is 12.5. The molecule has 0 unspecified atom stereocenters. The molecule has 0 bridgehead atoms. The number of halogens is 1. The highest BCUT2D eigenvalue weighted by Crippen LogP contribution is 2.22. The van der Waals surface area contributed by atoms with Crippen LogP contribution in [0.1, 0.15) is 25.0 Å². The fraction of sp³-hybridized carbons (Fsp3) is 0.333. The van der Waals surface area contributed by atoms with Gasteiger partial charge in [-0.3, -0.25) is 0 Å². The summed E-state index contributed by atoms with van der Waals surface area (Å²) < 4.78 is 32.8. The fourth-order valence-electron chi connectivity index (χ4n) is 2.24. The van der Waals surface area contributed by atoms with E-state index in [0.29, 0.717) is 13.0 Å². The molecule has 4 nitrogen and oxygen atoms in total. The molecule has 0 saturated carbocycles. The number of aryl methyl sites for hydroxylation is 1. The minimum atomic E-state index is -3.61. The molecule has 24 heavy (non-hydrogen) atoms. The standard InChI is InChI=1S/C18H22ClNO3S/c1-13(2)23-16-7-5-15(6-8-16)10-11-20-24(21,22)18-9-4-14(3)12-17(18)19/h4-9,12-13,20H,10-11H2,1-3H3. The molecule has 2 aromatic rings. The van der Waals surface area contributed by atoms with Crippen molar-refractivity contribution < 1.29 is 13.2 Å². The molecule has 6 heteroatoms. The third-order valence-electron chi connectivity index (χ3n) is 3.38. The summed E-state index contributed by atoms with van der Waals surface area (Å²) in [5.41, 5.74) is 1.95. The molecule has 0 radical (unpaired) electrons. The molecule has 1 N–H and O–H groups in total. The highest BCUT2D eigenvalue weighted by molar-refractivity contribution is 7.89. The summed E-state index contributed by atoms with van der Waals surface area (Å²) in [6.45, 7) is 6.11. The molecule has 0 saturated heterocycles. The molecular weight excluding hydrogens is 346 g/mol. The summed E-state index contributed by atoms with van der Waals surface area (Å²) >= 11 is 6.04. The van der Waals surface area contributed by atoms with Crippen LogP contribution in [0.5, 0.6) is 5.75 Å². The topological polar surface area (TPSA) is 55.4 Å². The molecule has 0 aliphatic heterocycles. The Labute approximate surface area is 148 Å². The third kappa shape index (κ3) is 5.23. The summed E-state index contributed by atoms with van der Waals surface area (Å²) in [5, 5.41) is 0.234. The Balaban J connectivity index is 1.95. The smallest absolute Gasteiger partial charge is 0.242 e. The molecule has 0 heterocycles. The normalized spacial score (nSPS) is 11.7. The van der Waals surface area contributed by atoms with Gasteiger partial charge in [-0.05, 0) is 62.6 Å². The van der Waals surface area contributed by atoms with Gasteiger partial charge in [0.2, 0.25) is 10.0 Å². The highest BCUT2D eigenvalue weighted by atomic mass is 35.5. The monoisotopic (exact) mass is 367 g/mol. The first-order valence-electron chi connectivity index (χ1n) is 7.79. The fourth-order valence-corrected chi connectivity index (χ4v) is 3.87. The van der Waals surface area contributed by atoms with E-state index in [1.165, 1.54) is 6.07 Å². The Morgan fingerprint density at radius 1 is 1.12 bits per heavy atom. The zero-order valence-electron chi connectivity index (χ0n) is 14.0. The molecule has 0 aliphatic rings. The Kier molecular flexibility index (Phi) is 6.27. The van der Waals surface area contributed by atoms with Crippen molar-refractivity contribution in [2.45, 2.75) is 38.2 Å². The van der Waals surface area contributed by atoms with E-state index in [0.717, 1.165) is 16.9 Å². The van der Waals surface area contributed by atoms with Gasteiger partial charge >= 0.3 is 0 Å². The number of rotatable bonds is 7. The quantitative estimate of drug-likeness (QED) is 0.805. The van der Waals surface area contributed by atoms with Crippen molar-refractivity contribution >= 4 is 21.6 Å². The number of hydrogen-bond acceptors (Lipinski definition) is 3. The average Bonchev–Trinajstić information content (AvgIpc) is 2.48. The van der Waals surface area contributed by atoms with Gasteiger partial charge in [-0.25, -0.2) is 13.1 Å². The van der Waals surface area contributed by atoms with Crippen LogP contribution in [0.2, 0.25) is 5.02 Å². The van der Waals surface area contributed by atoms with Crippen molar-refractivity contribution in [3.63, 3.8) is 0 Å². The van der Waals surface area contributed by atoms with E-state index in [2.05, 4.69) is 4.72 Å². The third-order valence-corrected chi connectivity index (χ3v) is 5.32. The van der Waals surface area contributed by atoms with Crippen LogP contribution >= 0.6 is 11.6 Å². The van der Waals surface area contributed by atoms with Gasteiger partial charge in [-0.15, -0.1) is 0 Å². The van der Waals surface area contributed by atoms with Crippen molar-refractivity contribution in [2.75, 3.05) is 6.54 Å². The van der Waals surface area contributed by atoms with Crippen molar-refractivity contribution in [1.82, 2.24) is 4.72 Å². The van der Waals surface area contributed by atoms with Gasteiger partial charge in [-0.1, -0.05) is 29.8 Å². The van der Waals surface area contributed by atoms with Crippen LogP contribution in [0, 0.1) is 6.92 Å². The first-order valence-corrected chi connectivity index (χ1v) is 9.65. The average molecular weight is 368 g/mol. The summed E-state index contributed by atoms with van der Waals surface area (Å²) in [4.78, 5) is 0.107. The number of benzene rings is 2. The second-order valence-corrected chi connectivity index (χ2v) is 8.03. The Morgan fingerprint density at radius 2 is 1.79 bits per heavy atom. The van der Waals surface area contributed by atoms with Crippen molar-refractivity contribution in [1.29, 1.82) is 0 Å². The second-order valence-electron chi connectivity index (χ2n) is 5.89. The first kappa shape index (κ1) is 18.8. The molecular formula is C18H22ClNO3S. The lowest BCUT2D eigenvalue weighted by molar-refractivity contribution is 0.242. The van der Waals surface area contributed by atoms with Crippen molar-refractivity contribution in [2.24, 2.45) is 0 Å². The Bertz CT molecular complexity index is 786. The van der Waals surface area contributed by atoms with E-state index in [4.69, 9.17) is 16.3 Å². The lowest BCUT2D eigenvalue weighted by Crippen LogP contribution is -2.26. The van der Waals surface area contributed by atoms with Crippen LogP contribution in [-0.4, -0.2) is 21.1 Å². The zero-order valence-corrected chi connectivity index (χ0v) is 15.6. The molecule has 0 aromatic heterocycles. The van der Waals surface area contributed by atoms with Crippen LogP contribution in [0.25, 0.3) is 0 Å². The number of hydrogen-bond donors (Lipinski definition) is 1. The van der Waals surface area contributed by atoms with Gasteiger partial charge in [0.05, 0.1) is 11.1 Å². The number of ether oxygens (including phenoxy) is 1. The van der Waals surface area contributed by atoms with E-state index in [1.807, 2.05) is 45.0 Å². The predicted octanol–water partition coefficient (Wildman–Crippen LogP) is 3.96. The zero-order chi connectivity index (χ0) is 17.7. The second kappa shape index (κ2) is 8.01. The number of sulfonamides is 1. The van der Waals surface area contributed by atoms with Crippen molar-refractivity contribution in [3.8, 4) is 5.75 Å². The number of nitrogens with one attached hydrogen (secondary N) is 1. The molecule has 0 spiro atoms. The molecule has 0 fully saturated rings. The van der Waals surface area contributed by atoms with Gasteiger partial charge in [0.15, 0.2) is 0 Å². The lowest BCUT2D eigenvalue weighted by Gasteiger charge is -2.11. The van der Waals surface area contributed by atoms with Crippen LogP contribution in [-0.2, 0) is 16.4 Å². The van der Waals surface area contributed by atoms with Crippen LogP contribution < -0.4 is 9.46 Å². The molecule has 0 aliphatic carbocycles. The maximum absolute atomic E-state index is 12.3. The minimum Gasteiger partial charge on any atom is -0.491 e. The van der Waals surface area contributed by atoms with Gasteiger partial charge in [0.1, 0.15) is 10.6 Å². The van der Waals surface area contributed by atoms with Crippen LogP contribution in [0.4, 0.5) is 0 Å². The van der Waals surface area contributed by atoms with E-state index in [9.17, 15) is 8.42 Å². The van der Waals surface area contributed by atoms with Crippen LogP contribution in [0.3, 0.4) is 0 Å². The van der Waals surface area contributed by atoms with Gasteiger partial charge in [-0.2, -0.15) is 0 Å². The lowest BCUT2D eigenvalue weighted by atomic mass is 10.1.